The first-order valence-electron chi connectivity index (χ1n) is 4.90. The molecule has 0 spiro atoms. The van der Waals surface area contributed by atoms with E-state index >= 15 is 0 Å². The van der Waals surface area contributed by atoms with E-state index < -0.39 is 0 Å². The minimum atomic E-state index is 0.464. The van der Waals surface area contributed by atoms with Gasteiger partial charge in [-0.1, -0.05) is 26.2 Å². The lowest BCUT2D eigenvalue weighted by atomic mass is 9.83. The Morgan fingerprint density at radius 2 is 2.27 bits per heavy atom. The second kappa shape index (κ2) is 4.76. The van der Waals surface area contributed by atoms with Gasteiger partial charge in [0.25, 0.3) is 0 Å². The number of hydrogen-bond acceptors (Lipinski definition) is 1. The maximum atomic E-state index is 5.87. The van der Waals surface area contributed by atoms with E-state index in [-0.39, 0.29) is 0 Å². The van der Waals surface area contributed by atoms with Crippen LogP contribution in [0.2, 0.25) is 0 Å². The molecule has 1 heteroatoms. The first-order chi connectivity index (χ1) is 5.33. The third kappa shape index (κ3) is 3.24. The fraction of sp³-hybridized carbons (Fsp3) is 0.900. The maximum absolute atomic E-state index is 5.87. The van der Waals surface area contributed by atoms with Crippen LogP contribution in [0.25, 0.3) is 0 Å². The maximum Gasteiger partial charge on any atom is 0.00442 e. The minimum Gasteiger partial charge on any atom is -0.328 e. The summed E-state index contributed by atoms with van der Waals surface area (Å²) < 4.78 is 0. The Labute approximate surface area is 70.4 Å². The molecule has 1 aliphatic rings. The standard InChI is InChI=1S/C10H20N/c1-2-3-5-9-6-4-7-10(11)8-9/h4,9-10H,2-3,5-8,11H2,1H3. The Hall–Kier alpha value is -0.0400. The third-order valence-electron chi connectivity index (χ3n) is 2.57. The van der Waals surface area contributed by atoms with Gasteiger partial charge in [-0.15, -0.1) is 0 Å². The average Bonchev–Trinajstić information content (AvgIpc) is 2.01. The van der Waals surface area contributed by atoms with Crippen molar-refractivity contribution < 1.29 is 0 Å². The Balaban J connectivity index is 2.12. The van der Waals surface area contributed by atoms with E-state index in [0.29, 0.717) is 6.04 Å². The number of unbranched alkanes of at least 4 members (excludes halogenated alkanes) is 1. The highest BCUT2D eigenvalue weighted by Crippen LogP contribution is 2.26. The lowest BCUT2D eigenvalue weighted by molar-refractivity contribution is 0.346. The van der Waals surface area contributed by atoms with Crippen molar-refractivity contribution in [3.8, 4) is 0 Å². The molecule has 11 heavy (non-hydrogen) atoms. The van der Waals surface area contributed by atoms with E-state index in [9.17, 15) is 0 Å². The predicted molar refractivity (Wildman–Crippen MR) is 49.1 cm³/mol. The van der Waals surface area contributed by atoms with E-state index in [0.717, 1.165) is 12.3 Å². The summed E-state index contributed by atoms with van der Waals surface area (Å²) in [6, 6.07) is 0.464. The zero-order chi connectivity index (χ0) is 8.10. The van der Waals surface area contributed by atoms with Crippen LogP contribution in [0, 0.1) is 12.3 Å². The lowest BCUT2D eigenvalue weighted by Gasteiger charge is -2.26. The van der Waals surface area contributed by atoms with Crippen LogP contribution < -0.4 is 5.73 Å². The van der Waals surface area contributed by atoms with Crippen LogP contribution in [0.15, 0.2) is 0 Å². The highest BCUT2D eigenvalue weighted by atomic mass is 14.6. The molecule has 1 radical (unpaired) electrons. The molecule has 0 bridgehead atoms. The van der Waals surface area contributed by atoms with Gasteiger partial charge in [-0.05, 0) is 31.6 Å². The molecule has 2 N–H and O–H groups in total. The molecule has 1 saturated carbocycles. The smallest absolute Gasteiger partial charge is 0.00442 e. The second-order valence-electron chi connectivity index (χ2n) is 3.76. The Morgan fingerprint density at radius 3 is 2.91 bits per heavy atom. The highest BCUT2D eigenvalue weighted by molar-refractivity contribution is 4.84. The number of rotatable bonds is 3. The molecular formula is C10H20N. The van der Waals surface area contributed by atoms with Gasteiger partial charge in [-0.2, -0.15) is 0 Å². The van der Waals surface area contributed by atoms with Crippen LogP contribution in [0.4, 0.5) is 0 Å². The van der Waals surface area contributed by atoms with Crippen LogP contribution in [0.5, 0.6) is 0 Å². The van der Waals surface area contributed by atoms with Crippen LogP contribution in [-0.4, -0.2) is 6.04 Å². The first-order valence-corrected chi connectivity index (χ1v) is 4.90. The van der Waals surface area contributed by atoms with Gasteiger partial charge in [-0.25, -0.2) is 0 Å². The van der Waals surface area contributed by atoms with Crippen molar-refractivity contribution >= 4 is 0 Å². The van der Waals surface area contributed by atoms with Crippen molar-refractivity contribution in [1.82, 2.24) is 0 Å². The largest absolute Gasteiger partial charge is 0.328 e. The monoisotopic (exact) mass is 154 g/mol. The summed E-state index contributed by atoms with van der Waals surface area (Å²) in [5, 5.41) is 0. The quantitative estimate of drug-likeness (QED) is 0.664. The van der Waals surface area contributed by atoms with Crippen molar-refractivity contribution in [2.45, 2.75) is 51.5 Å². The molecule has 1 nitrogen and oxygen atoms in total. The first kappa shape index (κ1) is 9.05. The second-order valence-corrected chi connectivity index (χ2v) is 3.76. The molecule has 0 saturated heterocycles. The summed E-state index contributed by atoms with van der Waals surface area (Å²) >= 11 is 0. The molecular weight excluding hydrogens is 134 g/mol. The van der Waals surface area contributed by atoms with E-state index in [4.69, 9.17) is 5.73 Å². The average molecular weight is 154 g/mol. The van der Waals surface area contributed by atoms with Crippen LogP contribution in [0.3, 0.4) is 0 Å². The van der Waals surface area contributed by atoms with Crippen molar-refractivity contribution in [3.05, 3.63) is 6.42 Å². The van der Waals surface area contributed by atoms with E-state index in [2.05, 4.69) is 13.3 Å². The number of hydrogen-bond donors (Lipinski definition) is 1. The zero-order valence-corrected chi connectivity index (χ0v) is 7.55. The molecule has 0 heterocycles. The molecule has 65 valence electrons. The summed E-state index contributed by atoms with van der Waals surface area (Å²) in [4.78, 5) is 0. The summed E-state index contributed by atoms with van der Waals surface area (Å²) in [5.41, 5.74) is 5.87. The molecule has 0 aromatic heterocycles. The molecule has 1 fully saturated rings. The fourth-order valence-electron chi connectivity index (χ4n) is 1.90. The molecule has 1 rings (SSSR count). The summed E-state index contributed by atoms with van der Waals surface area (Å²) in [7, 11) is 0. The van der Waals surface area contributed by atoms with Gasteiger partial charge in [0.1, 0.15) is 0 Å². The van der Waals surface area contributed by atoms with Gasteiger partial charge >= 0.3 is 0 Å². The molecule has 0 aromatic carbocycles. The number of nitrogens with two attached hydrogens (primary N) is 1. The predicted octanol–water partition coefficient (Wildman–Crippen LogP) is 2.51. The van der Waals surface area contributed by atoms with E-state index in [1.807, 2.05) is 0 Å². The summed E-state index contributed by atoms with van der Waals surface area (Å²) in [6.07, 6.45) is 10.2. The Kier molecular flexibility index (Phi) is 3.92. The normalized spacial score (nSPS) is 32.2. The fourth-order valence-corrected chi connectivity index (χ4v) is 1.90. The summed E-state index contributed by atoms with van der Waals surface area (Å²) in [6.45, 7) is 2.26. The summed E-state index contributed by atoms with van der Waals surface area (Å²) in [5.74, 6) is 0.902. The van der Waals surface area contributed by atoms with Gasteiger partial charge in [0.15, 0.2) is 0 Å². The van der Waals surface area contributed by atoms with Crippen LogP contribution in [-0.2, 0) is 0 Å². The lowest BCUT2D eigenvalue weighted by Crippen LogP contribution is -2.28. The van der Waals surface area contributed by atoms with Gasteiger partial charge in [0.05, 0.1) is 0 Å². The van der Waals surface area contributed by atoms with Crippen molar-refractivity contribution in [3.63, 3.8) is 0 Å². The SMILES string of the molecule is CCCCC1C[CH]CC(N)C1. The molecule has 0 amide bonds. The van der Waals surface area contributed by atoms with E-state index in [1.54, 1.807) is 0 Å². The van der Waals surface area contributed by atoms with Gasteiger partial charge in [-0.3, -0.25) is 0 Å². The van der Waals surface area contributed by atoms with Crippen LogP contribution in [0.1, 0.15) is 45.4 Å². The van der Waals surface area contributed by atoms with Gasteiger partial charge in [0.2, 0.25) is 0 Å². The third-order valence-corrected chi connectivity index (χ3v) is 2.57. The van der Waals surface area contributed by atoms with Crippen LogP contribution >= 0.6 is 0 Å². The molecule has 1 aliphatic carbocycles. The van der Waals surface area contributed by atoms with E-state index in [1.165, 1.54) is 32.1 Å². The zero-order valence-electron chi connectivity index (χ0n) is 7.55. The Bertz CT molecular complexity index is 101. The molecule has 0 aliphatic heterocycles. The molecule has 2 unspecified atom stereocenters. The highest BCUT2D eigenvalue weighted by Gasteiger charge is 2.18. The van der Waals surface area contributed by atoms with Crippen molar-refractivity contribution in [2.24, 2.45) is 11.7 Å². The topological polar surface area (TPSA) is 26.0 Å². The Morgan fingerprint density at radius 1 is 1.45 bits per heavy atom. The van der Waals surface area contributed by atoms with Crippen molar-refractivity contribution in [2.75, 3.05) is 0 Å². The van der Waals surface area contributed by atoms with Gasteiger partial charge < -0.3 is 5.73 Å². The molecule has 0 aromatic rings. The molecule has 2 atom stereocenters. The van der Waals surface area contributed by atoms with Gasteiger partial charge in [0, 0.05) is 6.04 Å². The van der Waals surface area contributed by atoms with Crippen molar-refractivity contribution in [1.29, 1.82) is 0 Å². The minimum absolute atomic E-state index is 0.464.